The van der Waals surface area contributed by atoms with E-state index in [9.17, 15) is 13.2 Å². The van der Waals surface area contributed by atoms with Crippen LogP contribution in [-0.2, 0) is 16.6 Å². The summed E-state index contributed by atoms with van der Waals surface area (Å²) >= 11 is 0. The molecular weight excluding hydrogens is 448 g/mol. The second-order valence-electron chi connectivity index (χ2n) is 8.61. The third-order valence-electron chi connectivity index (χ3n) is 5.70. The first-order valence-electron chi connectivity index (χ1n) is 11.2. The molecule has 0 bridgehead atoms. The first kappa shape index (κ1) is 25.3. The molecule has 3 aromatic rings. The third-order valence-corrected chi connectivity index (χ3v) is 6.84. The Hall–Kier alpha value is -3.32. The van der Waals surface area contributed by atoms with Gasteiger partial charge in [0.2, 0.25) is 10.0 Å². The fourth-order valence-corrected chi connectivity index (χ4v) is 4.48. The summed E-state index contributed by atoms with van der Waals surface area (Å²) in [6.07, 6.45) is 1.20. The molecule has 180 valence electrons. The van der Waals surface area contributed by atoms with Crippen LogP contribution in [0.15, 0.2) is 60.7 Å². The summed E-state index contributed by atoms with van der Waals surface area (Å²) in [6.45, 7) is 8.91. The summed E-state index contributed by atoms with van der Waals surface area (Å²) in [5, 5.41) is 2.85. The molecule has 3 aromatic carbocycles. The minimum Gasteiger partial charge on any atom is -0.491 e. The van der Waals surface area contributed by atoms with Crippen molar-refractivity contribution < 1.29 is 17.9 Å². The lowest BCUT2D eigenvalue weighted by Gasteiger charge is -2.23. The maximum atomic E-state index is 12.5. The van der Waals surface area contributed by atoms with Crippen LogP contribution in [0.2, 0.25) is 0 Å². The standard InChI is InChI=1S/C27H32N2O4S/c1-19-6-13-26(22(4)16-19)33-15-14-28-27(30)24-10-8-23(9-11-24)18-29(34(5,31)32)25-12-7-20(2)21(3)17-25/h6-13,16-17H,14-15,18H2,1-5H3,(H,28,30). The zero-order valence-corrected chi connectivity index (χ0v) is 21.2. The van der Waals surface area contributed by atoms with Crippen LogP contribution in [0.25, 0.3) is 0 Å². The number of sulfonamides is 1. The molecule has 0 fully saturated rings. The van der Waals surface area contributed by atoms with Crippen LogP contribution >= 0.6 is 0 Å². The number of hydrogen-bond donors (Lipinski definition) is 1. The Kier molecular flexibility index (Phi) is 7.99. The van der Waals surface area contributed by atoms with Crippen LogP contribution in [-0.4, -0.2) is 33.7 Å². The largest absolute Gasteiger partial charge is 0.491 e. The molecule has 0 aliphatic heterocycles. The van der Waals surface area contributed by atoms with E-state index in [4.69, 9.17) is 4.74 Å². The fraction of sp³-hybridized carbons (Fsp3) is 0.296. The van der Waals surface area contributed by atoms with Gasteiger partial charge in [-0.25, -0.2) is 8.42 Å². The van der Waals surface area contributed by atoms with Gasteiger partial charge in [0, 0.05) is 5.56 Å². The molecule has 6 nitrogen and oxygen atoms in total. The predicted molar refractivity (Wildman–Crippen MR) is 137 cm³/mol. The molecule has 3 rings (SSSR count). The molecule has 0 saturated carbocycles. The van der Waals surface area contributed by atoms with Gasteiger partial charge in [0.15, 0.2) is 0 Å². The van der Waals surface area contributed by atoms with Crippen molar-refractivity contribution in [1.82, 2.24) is 5.32 Å². The molecule has 34 heavy (non-hydrogen) atoms. The second kappa shape index (κ2) is 10.7. The van der Waals surface area contributed by atoms with Crippen molar-refractivity contribution >= 4 is 21.6 Å². The Bertz CT molecular complexity index is 1270. The van der Waals surface area contributed by atoms with Crippen LogP contribution in [0.1, 0.15) is 38.2 Å². The van der Waals surface area contributed by atoms with Gasteiger partial charge in [-0.3, -0.25) is 9.10 Å². The van der Waals surface area contributed by atoms with Gasteiger partial charge in [-0.2, -0.15) is 0 Å². The van der Waals surface area contributed by atoms with E-state index in [0.717, 1.165) is 28.0 Å². The number of aryl methyl sites for hydroxylation is 4. The van der Waals surface area contributed by atoms with Crippen molar-refractivity contribution in [1.29, 1.82) is 0 Å². The van der Waals surface area contributed by atoms with E-state index in [1.807, 2.05) is 58.0 Å². The molecule has 0 heterocycles. The molecule has 7 heteroatoms. The van der Waals surface area contributed by atoms with Crippen molar-refractivity contribution in [2.45, 2.75) is 34.2 Å². The Balaban J connectivity index is 1.59. The number of nitrogens with one attached hydrogen (secondary N) is 1. The van der Waals surface area contributed by atoms with Gasteiger partial charge in [-0.05, 0) is 80.3 Å². The van der Waals surface area contributed by atoms with Crippen molar-refractivity contribution in [3.63, 3.8) is 0 Å². The second-order valence-corrected chi connectivity index (χ2v) is 10.5. The molecule has 0 aromatic heterocycles. The lowest BCUT2D eigenvalue weighted by molar-refractivity contribution is 0.0947. The molecule has 0 spiro atoms. The molecule has 0 atom stereocenters. The van der Waals surface area contributed by atoms with Crippen molar-refractivity contribution in [2.24, 2.45) is 0 Å². The average Bonchev–Trinajstić information content (AvgIpc) is 2.77. The van der Waals surface area contributed by atoms with Crippen LogP contribution in [0.3, 0.4) is 0 Å². The molecule has 1 amide bonds. The first-order valence-corrected chi connectivity index (χ1v) is 13.0. The average molecular weight is 481 g/mol. The molecule has 0 aliphatic rings. The quantitative estimate of drug-likeness (QED) is 0.451. The highest BCUT2D eigenvalue weighted by Gasteiger charge is 2.18. The van der Waals surface area contributed by atoms with E-state index < -0.39 is 10.0 Å². The molecule has 0 radical (unpaired) electrons. The highest BCUT2D eigenvalue weighted by atomic mass is 32.2. The number of hydrogen-bond acceptors (Lipinski definition) is 4. The Morgan fingerprint density at radius 1 is 0.882 bits per heavy atom. The Labute approximate surface area is 202 Å². The highest BCUT2D eigenvalue weighted by molar-refractivity contribution is 7.92. The number of rotatable bonds is 9. The molecule has 0 unspecified atom stereocenters. The maximum Gasteiger partial charge on any atom is 0.251 e. The zero-order chi connectivity index (χ0) is 24.9. The number of carbonyl (C=O) groups is 1. The first-order chi connectivity index (χ1) is 16.0. The van der Waals surface area contributed by atoms with Gasteiger partial charge in [0.25, 0.3) is 5.91 Å². The third kappa shape index (κ3) is 6.60. The number of nitrogens with zero attached hydrogens (tertiary/aromatic N) is 1. The summed E-state index contributed by atoms with van der Waals surface area (Å²) in [7, 11) is -3.48. The Morgan fingerprint density at radius 3 is 2.21 bits per heavy atom. The lowest BCUT2D eigenvalue weighted by Crippen LogP contribution is -2.29. The van der Waals surface area contributed by atoms with Gasteiger partial charge >= 0.3 is 0 Å². The van der Waals surface area contributed by atoms with Crippen LogP contribution in [0.4, 0.5) is 5.69 Å². The van der Waals surface area contributed by atoms with Crippen LogP contribution < -0.4 is 14.4 Å². The monoisotopic (exact) mass is 480 g/mol. The predicted octanol–water partition coefficient (Wildman–Crippen LogP) is 4.70. The number of ether oxygens (including phenoxy) is 1. The van der Waals surface area contributed by atoms with Crippen molar-refractivity contribution in [2.75, 3.05) is 23.7 Å². The van der Waals surface area contributed by atoms with E-state index in [2.05, 4.69) is 11.4 Å². The van der Waals surface area contributed by atoms with Crippen molar-refractivity contribution in [3.05, 3.63) is 94.0 Å². The SMILES string of the molecule is Cc1ccc(OCCNC(=O)c2ccc(CN(c3ccc(C)c(C)c3)S(C)(=O)=O)cc2)c(C)c1. The summed E-state index contributed by atoms with van der Waals surface area (Å²) in [6, 6.07) is 18.5. The number of benzene rings is 3. The van der Waals surface area contributed by atoms with E-state index in [-0.39, 0.29) is 12.5 Å². The van der Waals surface area contributed by atoms with Gasteiger partial charge in [-0.1, -0.05) is 35.9 Å². The van der Waals surface area contributed by atoms with Gasteiger partial charge in [-0.15, -0.1) is 0 Å². The fourth-order valence-electron chi connectivity index (χ4n) is 3.60. The van der Waals surface area contributed by atoms with Gasteiger partial charge in [0.1, 0.15) is 12.4 Å². The zero-order valence-electron chi connectivity index (χ0n) is 20.4. The van der Waals surface area contributed by atoms with Crippen LogP contribution in [0, 0.1) is 27.7 Å². The summed E-state index contributed by atoms with van der Waals surface area (Å²) in [5.74, 6) is 0.605. The summed E-state index contributed by atoms with van der Waals surface area (Å²) in [5.41, 5.74) is 6.29. The number of anilines is 1. The van der Waals surface area contributed by atoms with Crippen molar-refractivity contribution in [3.8, 4) is 5.75 Å². The topological polar surface area (TPSA) is 75.7 Å². The highest BCUT2D eigenvalue weighted by Crippen LogP contribution is 2.24. The summed E-state index contributed by atoms with van der Waals surface area (Å²) in [4.78, 5) is 12.5. The lowest BCUT2D eigenvalue weighted by atomic mass is 10.1. The van der Waals surface area contributed by atoms with E-state index in [1.54, 1.807) is 24.3 Å². The van der Waals surface area contributed by atoms with E-state index in [1.165, 1.54) is 16.1 Å². The molecular formula is C27H32N2O4S. The summed E-state index contributed by atoms with van der Waals surface area (Å²) < 4.78 is 32.0. The number of amides is 1. The number of carbonyl (C=O) groups excluding carboxylic acids is 1. The molecule has 1 N–H and O–H groups in total. The van der Waals surface area contributed by atoms with Crippen LogP contribution in [0.5, 0.6) is 5.75 Å². The molecule has 0 saturated heterocycles. The molecule has 0 aliphatic carbocycles. The minimum atomic E-state index is -3.48. The van der Waals surface area contributed by atoms with E-state index >= 15 is 0 Å². The minimum absolute atomic E-state index is 0.187. The van der Waals surface area contributed by atoms with E-state index in [0.29, 0.717) is 24.4 Å². The van der Waals surface area contributed by atoms with Gasteiger partial charge in [0.05, 0.1) is 25.0 Å². The maximum absolute atomic E-state index is 12.5. The normalized spacial score (nSPS) is 11.2. The Morgan fingerprint density at radius 2 is 1.59 bits per heavy atom. The smallest absolute Gasteiger partial charge is 0.251 e. The van der Waals surface area contributed by atoms with Gasteiger partial charge < -0.3 is 10.1 Å².